The van der Waals surface area contributed by atoms with E-state index in [1.165, 1.54) is 38.9 Å². The van der Waals surface area contributed by atoms with E-state index in [-0.39, 0.29) is 0 Å². The number of ether oxygens (including phenoxy) is 3. The highest BCUT2D eigenvalue weighted by molar-refractivity contribution is 7.17. The molecule has 0 atom stereocenters. The largest absolute Gasteiger partial charge is 0.493 e. The van der Waals surface area contributed by atoms with Crippen molar-refractivity contribution in [2.75, 3.05) is 21.3 Å². The second kappa shape index (κ2) is 7.85. The van der Waals surface area contributed by atoms with Gasteiger partial charge in [-0.05, 0) is 24.3 Å². The van der Waals surface area contributed by atoms with Crippen LogP contribution >= 0.6 is 22.9 Å². The molecule has 0 unspecified atom stereocenters. The second-order valence-electron chi connectivity index (χ2n) is 4.26. The molecule has 2 rings (SSSR count). The number of hydrazone groups is 1. The Kier molecular flexibility index (Phi) is 5.84. The predicted octanol–water partition coefficient (Wildman–Crippen LogP) is 3.19. The molecule has 0 radical (unpaired) electrons. The molecule has 1 N–H and O–H groups in total. The van der Waals surface area contributed by atoms with E-state index in [1.54, 1.807) is 18.2 Å². The van der Waals surface area contributed by atoms with Crippen molar-refractivity contribution in [1.82, 2.24) is 5.43 Å². The summed E-state index contributed by atoms with van der Waals surface area (Å²) in [6.45, 7) is 0. The van der Waals surface area contributed by atoms with Gasteiger partial charge in [0.2, 0.25) is 5.75 Å². The lowest BCUT2D eigenvalue weighted by molar-refractivity contribution is 0.0954. The summed E-state index contributed by atoms with van der Waals surface area (Å²) in [7, 11) is 4.46. The molecule has 122 valence electrons. The maximum Gasteiger partial charge on any atom is 0.271 e. The Morgan fingerprint density at radius 2 is 1.83 bits per heavy atom. The molecule has 1 heterocycles. The van der Waals surface area contributed by atoms with Gasteiger partial charge in [-0.2, -0.15) is 5.10 Å². The summed E-state index contributed by atoms with van der Waals surface area (Å²) >= 11 is 7.18. The van der Waals surface area contributed by atoms with Crippen LogP contribution in [0.15, 0.2) is 29.4 Å². The van der Waals surface area contributed by atoms with Gasteiger partial charge in [-0.1, -0.05) is 11.6 Å². The number of rotatable bonds is 6. The Morgan fingerprint density at radius 1 is 1.17 bits per heavy atom. The van der Waals surface area contributed by atoms with Gasteiger partial charge in [0.15, 0.2) is 11.5 Å². The van der Waals surface area contributed by atoms with Crippen molar-refractivity contribution in [1.29, 1.82) is 0 Å². The zero-order valence-electron chi connectivity index (χ0n) is 12.8. The number of halogens is 1. The summed E-state index contributed by atoms with van der Waals surface area (Å²) in [5, 5.41) is 3.90. The first-order valence-electron chi connectivity index (χ1n) is 6.47. The van der Waals surface area contributed by atoms with Crippen LogP contribution in [0.25, 0.3) is 0 Å². The first-order valence-corrected chi connectivity index (χ1v) is 7.67. The van der Waals surface area contributed by atoms with Crippen LogP contribution in [-0.4, -0.2) is 33.5 Å². The molecule has 0 saturated carbocycles. The number of amides is 1. The lowest BCUT2D eigenvalue weighted by Crippen LogP contribution is -2.17. The molecule has 0 aliphatic rings. The van der Waals surface area contributed by atoms with Crippen LogP contribution < -0.4 is 19.6 Å². The van der Waals surface area contributed by atoms with Crippen LogP contribution in [0, 0.1) is 0 Å². The number of thiophene rings is 1. The molecule has 6 nitrogen and oxygen atoms in total. The lowest BCUT2D eigenvalue weighted by atomic mass is 10.1. The molecule has 0 bridgehead atoms. The molecular weight excluding hydrogens is 340 g/mol. The minimum absolute atomic E-state index is 0.334. The van der Waals surface area contributed by atoms with Crippen molar-refractivity contribution in [3.63, 3.8) is 0 Å². The summed E-state index contributed by atoms with van der Waals surface area (Å²) < 4.78 is 16.3. The van der Waals surface area contributed by atoms with Crippen molar-refractivity contribution >= 4 is 35.1 Å². The minimum Gasteiger partial charge on any atom is -0.493 e. The van der Waals surface area contributed by atoms with Gasteiger partial charge in [0, 0.05) is 10.4 Å². The van der Waals surface area contributed by atoms with Crippen molar-refractivity contribution in [2.24, 2.45) is 5.10 Å². The number of carbonyl (C=O) groups is 1. The van der Waals surface area contributed by atoms with E-state index >= 15 is 0 Å². The molecule has 0 aliphatic carbocycles. The zero-order chi connectivity index (χ0) is 16.8. The maximum atomic E-state index is 12.2. The molecule has 1 aromatic carbocycles. The number of hydrogen-bond acceptors (Lipinski definition) is 6. The minimum atomic E-state index is -0.400. The molecule has 8 heteroatoms. The van der Waals surface area contributed by atoms with E-state index in [2.05, 4.69) is 10.5 Å². The summed E-state index contributed by atoms with van der Waals surface area (Å²) in [5.41, 5.74) is 2.77. The second-order valence-corrected chi connectivity index (χ2v) is 6.00. The summed E-state index contributed by atoms with van der Waals surface area (Å²) in [6, 6.07) is 6.67. The van der Waals surface area contributed by atoms with Gasteiger partial charge in [0.1, 0.15) is 0 Å². The van der Waals surface area contributed by atoms with Gasteiger partial charge in [-0.25, -0.2) is 5.43 Å². The van der Waals surface area contributed by atoms with Crippen LogP contribution in [0.4, 0.5) is 0 Å². The van der Waals surface area contributed by atoms with Crippen LogP contribution in [-0.2, 0) is 0 Å². The van der Waals surface area contributed by atoms with E-state index in [1.807, 2.05) is 6.07 Å². The monoisotopic (exact) mass is 354 g/mol. The van der Waals surface area contributed by atoms with Gasteiger partial charge in [0.25, 0.3) is 5.91 Å². The smallest absolute Gasteiger partial charge is 0.271 e. The van der Waals surface area contributed by atoms with E-state index in [0.717, 1.165) is 4.88 Å². The van der Waals surface area contributed by atoms with Gasteiger partial charge in [-0.15, -0.1) is 11.3 Å². The van der Waals surface area contributed by atoms with Gasteiger partial charge in [-0.3, -0.25) is 4.79 Å². The fourth-order valence-corrected chi connectivity index (χ4v) is 2.76. The van der Waals surface area contributed by atoms with Crippen LogP contribution in [0.5, 0.6) is 17.2 Å². The topological polar surface area (TPSA) is 69.2 Å². The van der Waals surface area contributed by atoms with E-state index in [0.29, 0.717) is 27.1 Å². The Labute approximate surface area is 142 Å². The Bertz CT molecular complexity index is 705. The van der Waals surface area contributed by atoms with Crippen LogP contribution in [0.2, 0.25) is 4.34 Å². The van der Waals surface area contributed by atoms with Crippen LogP contribution in [0.1, 0.15) is 15.2 Å². The Hall–Kier alpha value is -2.25. The molecule has 2 aromatic rings. The molecule has 0 aliphatic heterocycles. The third kappa shape index (κ3) is 4.14. The molecule has 1 amide bonds. The molecule has 23 heavy (non-hydrogen) atoms. The lowest BCUT2D eigenvalue weighted by Gasteiger charge is -2.13. The number of hydrogen-bond donors (Lipinski definition) is 1. The van der Waals surface area contributed by atoms with Crippen molar-refractivity contribution < 1.29 is 19.0 Å². The maximum absolute atomic E-state index is 12.2. The van der Waals surface area contributed by atoms with E-state index < -0.39 is 5.91 Å². The summed E-state index contributed by atoms with van der Waals surface area (Å²) in [5.74, 6) is 0.809. The van der Waals surface area contributed by atoms with Gasteiger partial charge in [0.05, 0.1) is 31.9 Å². The van der Waals surface area contributed by atoms with Gasteiger partial charge < -0.3 is 14.2 Å². The average Bonchev–Trinajstić information content (AvgIpc) is 2.98. The normalized spacial score (nSPS) is 10.6. The quantitative estimate of drug-likeness (QED) is 0.639. The third-order valence-electron chi connectivity index (χ3n) is 2.88. The SMILES string of the molecule is COc1cc(C(=O)NN=Cc2ccc(Cl)s2)cc(OC)c1OC. The molecule has 0 saturated heterocycles. The standard InChI is InChI=1S/C15H15ClN2O4S/c1-20-11-6-9(7-12(21-2)14(11)22-3)15(19)18-17-8-10-4-5-13(16)23-10/h4-8H,1-3H3,(H,18,19). The molecule has 0 spiro atoms. The number of nitrogens with one attached hydrogen (secondary N) is 1. The van der Waals surface area contributed by atoms with Crippen molar-refractivity contribution in [3.8, 4) is 17.2 Å². The predicted molar refractivity (Wildman–Crippen MR) is 90.5 cm³/mol. The number of nitrogens with zero attached hydrogens (tertiary/aromatic N) is 1. The highest BCUT2D eigenvalue weighted by Gasteiger charge is 2.16. The Morgan fingerprint density at radius 3 is 2.30 bits per heavy atom. The number of methoxy groups -OCH3 is 3. The van der Waals surface area contributed by atoms with Crippen LogP contribution in [0.3, 0.4) is 0 Å². The molecular formula is C15H15ClN2O4S. The highest BCUT2D eigenvalue weighted by Crippen LogP contribution is 2.38. The van der Waals surface area contributed by atoms with E-state index in [9.17, 15) is 4.79 Å². The summed E-state index contributed by atoms with van der Waals surface area (Å²) in [6.07, 6.45) is 1.52. The number of benzene rings is 1. The first-order chi connectivity index (χ1) is 11.1. The molecule has 1 aromatic heterocycles. The summed E-state index contributed by atoms with van der Waals surface area (Å²) in [4.78, 5) is 13.0. The molecule has 0 fully saturated rings. The van der Waals surface area contributed by atoms with Crippen molar-refractivity contribution in [3.05, 3.63) is 39.0 Å². The first kappa shape index (κ1) is 17.1. The zero-order valence-corrected chi connectivity index (χ0v) is 14.3. The fourth-order valence-electron chi connectivity index (χ4n) is 1.83. The Balaban J connectivity index is 2.17. The third-order valence-corrected chi connectivity index (χ3v) is 4.04. The van der Waals surface area contributed by atoms with E-state index in [4.69, 9.17) is 25.8 Å². The van der Waals surface area contributed by atoms with Crippen molar-refractivity contribution in [2.45, 2.75) is 0 Å². The average molecular weight is 355 g/mol. The van der Waals surface area contributed by atoms with Gasteiger partial charge >= 0.3 is 0 Å². The number of carbonyl (C=O) groups excluding carboxylic acids is 1. The fraction of sp³-hybridized carbons (Fsp3) is 0.200. The highest BCUT2D eigenvalue weighted by atomic mass is 35.5.